The van der Waals surface area contributed by atoms with Crippen LogP contribution in [0.15, 0.2) is 0 Å². The molecule has 1 aliphatic heterocycles. The van der Waals surface area contributed by atoms with Crippen LogP contribution in [-0.2, 0) is 9.59 Å². The van der Waals surface area contributed by atoms with Gasteiger partial charge in [0.15, 0.2) is 0 Å². The first-order chi connectivity index (χ1) is 9.86. The standard InChI is InChI=1S/C13H24N4O4/c1-4-14-11(18)9-15(3)13(21)17-7-5-16(6-8-17)10(2)12(19)20/h10H,4-9H2,1-3H3,(H,14,18)(H,19,20). The molecule has 1 rings (SSSR count). The fourth-order valence-electron chi connectivity index (χ4n) is 2.23. The number of nitrogens with one attached hydrogen (secondary N) is 1. The number of hydrogen-bond acceptors (Lipinski definition) is 4. The minimum absolute atomic E-state index is 0.0262. The van der Waals surface area contributed by atoms with Gasteiger partial charge in [0.1, 0.15) is 12.6 Å². The van der Waals surface area contributed by atoms with Crippen molar-refractivity contribution < 1.29 is 19.5 Å². The van der Waals surface area contributed by atoms with E-state index in [0.717, 1.165) is 0 Å². The van der Waals surface area contributed by atoms with E-state index in [4.69, 9.17) is 5.11 Å². The normalized spacial score (nSPS) is 17.2. The SMILES string of the molecule is CCNC(=O)CN(C)C(=O)N1CCN(C(C)C(=O)O)CC1. The number of nitrogens with zero attached hydrogens (tertiary/aromatic N) is 3. The van der Waals surface area contributed by atoms with Crippen molar-refractivity contribution in [3.8, 4) is 0 Å². The van der Waals surface area contributed by atoms with Crippen LogP contribution in [0, 0.1) is 0 Å². The molecule has 0 aromatic rings. The molecule has 1 unspecified atom stereocenters. The Balaban J connectivity index is 2.44. The van der Waals surface area contributed by atoms with Gasteiger partial charge in [0.2, 0.25) is 5.91 Å². The van der Waals surface area contributed by atoms with Crippen LogP contribution in [0.1, 0.15) is 13.8 Å². The number of carboxylic acid groups (broad SMARTS) is 1. The Kier molecular flexibility index (Phi) is 6.41. The monoisotopic (exact) mass is 300 g/mol. The van der Waals surface area contributed by atoms with Gasteiger partial charge in [-0.1, -0.05) is 0 Å². The highest BCUT2D eigenvalue weighted by molar-refractivity contribution is 5.83. The van der Waals surface area contributed by atoms with E-state index in [1.54, 1.807) is 18.9 Å². The van der Waals surface area contributed by atoms with Crippen LogP contribution in [0.3, 0.4) is 0 Å². The van der Waals surface area contributed by atoms with Crippen LogP contribution in [0.2, 0.25) is 0 Å². The van der Waals surface area contributed by atoms with Crippen LogP contribution in [0.4, 0.5) is 4.79 Å². The van der Waals surface area contributed by atoms with Crippen molar-refractivity contribution in [3.05, 3.63) is 0 Å². The summed E-state index contributed by atoms with van der Waals surface area (Å²) in [4.78, 5) is 39.4. The molecule has 21 heavy (non-hydrogen) atoms. The van der Waals surface area contributed by atoms with E-state index >= 15 is 0 Å². The Hall–Kier alpha value is -1.83. The zero-order chi connectivity index (χ0) is 16.0. The van der Waals surface area contributed by atoms with Crippen molar-refractivity contribution >= 4 is 17.9 Å². The summed E-state index contributed by atoms with van der Waals surface area (Å²) in [5, 5.41) is 11.6. The lowest BCUT2D eigenvalue weighted by molar-refractivity contribution is -0.143. The summed E-state index contributed by atoms with van der Waals surface area (Å²) >= 11 is 0. The van der Waals surface area contributed by atoms with Gasteiger partial charge in [0.05, 0.1) is 0 Å². The number of piperazine rings is 1. The third kappa shape index (κ3) is 4.89. The van der Waals surface area contributed by atoms with E-state index in [-0.39, 0.29) is 18.5 Å². The lowest BCUT2D eigenvalue weighted by Crippen LogP contribution is -2.56. The molecule has 0 saturated carbocycles. The van der Waals surface area contributed by atoms with Crippen LogP contribution < -0.4 is 5.32 Å². The minimum atomic E-state index is -0.858. The van der Waals surface area contributed by atoms with Crippen molar-refractivity contribution in [3.63, 3.8) is 0 Å². The van der Waals surface area contributed by atoms with Crippen molar-refractivity contribution in [2.45, 2.75) is 19.9 Å². The molecular weight excluding hydrogens is 276 g/mol. The Morgan fingerprint density at radius 3 is 2.29 bits per heavy atom. The second kappa shape index (κ2) is 7.82. The predicted molar refractivity (Wildman–Crippen MR) is 77.0 cm³/mol. The summed E-state index contributed by atoms with van der Waals surface area (Å²) in [6, 6.07) is -0.751. The predicted octanol–water partition coefficient (Wildman–Crippen LogP) is -0.735. The van der Waals surface area contributed by atoms with Gasteiger partial charge in [-0.2, -0.15) is 0 Å². The number of hydrogen-bond donors (Lipinski definition) is 2. The second-order valence-electron chi connectivity index (χ2n) is 5.13. The fourth-order valence-corrected chi connectivity index (χ4v) is 2.23. The maximum absolute atomic E-state index is 12.2. The van der Waals surface area contributed by atoms with Crippen molar-refractivity contribution in [2.24, 2.45) is 0 Å². The summed E-state index contributed by atoms with van der Waals surface area (Å²) in [6.45, 7) is 6.00. The molecule has 0 radical (unpaired) electrons. The number of carbonyl (C=O) groups is 3. The van der Waals surface area contributed by atoms with Crippen LogP contribution in [-0.4, -0.2) is 90.1 Å². The van der Waals surface area contributed by atoms with Crippen LogP contribution >= 0.6 is 0 Å². The van der Waals surface area contributed by atoms with Gasteiger partial charge in [0.25, 0.3) is 0 Å². The number of aliphatic carboxylic acids is 1. The molecule has 1 saturated heterocycles. The Labute approximate surface area is 124 Å². The van der Waals surface area contributed by atoms with Crippen LogP contribution in [0.5, 0.6) is 0 Å². The fraction of sp³-hybridized carbons (Fsp3) is 0.769. The maximum atomic E-state index is 12.2. The highest BCUT2D eigenvalue weighted by Crippen LogP contribution is 2.08. The first-order valence-corrected chi connectivity index (χ1v) is 7.10. The van der Waals surface area contributed by atoms with Crippen molar-refractivity contribution in [2.75, 3.05) is 46.3 Å². The van der Waals surface area contributed by atoms with Gasteiger partial charge in [-0.05, 0) is 13.8 Å². The van der Waals surface area contributed by atoms with Crippen molar-refractivity contribution in [1.29, 1.82) is 0 Å². The number of urea groups is 1. The highest BCUT2D eigenvalue weighted by Gasteiger charge is 2.28. The van der Waals surface area contributed by atoms with Gasteiger partial charge >= 0.3 is 12.0 Å². The van der Waals surface area contributed by atoms with Gasteiger partial charge in [0, 0.05) is 39.8 Å². The minimum Gasteiger partial charge on any atom is -0.480 e. The van der Waals surface area contributed by atoms with E-state index in [2.05, 4.69) is 5.32 Å². The van der Waals surface area contributed by atoms with E-state index in [9.17, 15) is 14.4 Å². The van der Waals surface area contributed by atoms with E-state index in [0.29, 0.717) is 32.7 Å². The molecule has 8 nitrogen and oxygen atoms in total. The first kappa shape index (κ1) is 17.2. The lowest BCUT2D eigenvalue weighted by atomic mass is 10.2. The number of likely N-dealkylation sites (N-methyl/N-ethyl adjacent to an activating group) is 2. The van der Waals surface area contributed by atoms with Gasteiger partial charge in [-0.25, -0.2) is 4.79 Å². The highest BCUT2D eigenvalue weighted by atomic mass is 16.4. The van der Waals surface area contributed by atoms with E-state index < -0.39 is 12.0 Å². The molecule has 1 atom stereocenters. The average molecular weight is 300 g/mol. The quantitative estimate of drug-likeness (QED) is 0.698. The Bertz CT molecular complexity index is 394. The molecule has 8 heteroatoms. The summed E-state index contributed by atoms with van der Waals surface area (Å²) in [7, 11) is 1.59. The molecule has 0 spiro atoms. The van der Waals surface area contributed by atoms with Crippen LogP contribution in [0.25, 0.3) is 0 Å². The topological polar surface area (TPSA) is 93.2 Å². The molecular formula is C13H24N4O4. The van der Waals surface area contributed by atoms with Gasteiger partial charge < -0.3 is 20.2 Å². The Morgan fingerprint density at radius 1 is 1.24 bits per heavy atom. The molecule has 120 valence electrons. The lowest BCUT2D eigenvalue weighted by Gasteiger charge is -2.38. The third-order valence-corrected chi connectivity index (χ3v) is 3.57. The van der Waals surface area contributed by atoms with E-state index in [1.807, 2.05) is 11.8 Å². The summed E-state index contributed by atoms with van der Waals surface area (Å²) < 4.78 is 0. The molecule has 1 aliphatic rings. The van der Waals surface area contributed by atoms with E-state index in [1.165, 1.54) is 4.90 Å². The smallest absolute Gasteiger partial charge is 0.320 e. The van der Waals surface area contributed by atoms with Gasteiger partial charge in [-0.15, -0.1) is 0 Å². The third-order valence-electron chi connectivity index (χ3n) is 3.57. The summed E-state index contributed by atoms with van der Waals surface area (Å²) in [5.74, 6) is -1.05. The molecule has 1 fully saturated rings. The van der Waals surface area contributed by atoms with Crippen molar-refractivity contribution in [1.82, 2.24) is 20.0 Å². The number of amides is 3. The number of carboxylic acids is 1. The maximum Gasteiger partial charge on any atom is 0.320 e. The molecule has 0 aromatic heterocycles. The molecule has 2 N–H and O–H groups in total. The molecule has 0 aliphatic carbocycles. The average Bonchev–Trinajstić information content (AvgIpc) is 2.45. The molecule has 3 amide bonds. The summed E-state index contributed by atoms with van der Waals surface area (Å²) in [6.07, 6.45) is 0. The zero-order valence-corrected chi connectivity index (χ0v) is 12.8. The second-order valence-corrected chi connectivity index (χ2v) is 5.13. The number of carbonyl (C=O) groups excluding carboxylic acids is 2. The molecule has 0 aromatic carbocycles. The first-order valence-electron chi connectivity index (χ1n) is 7.10. The van der Waals surface area contributed by atoms with Gasteiger partial charge in [-0.3, -0.25) is 14.5 Å². The number of rotatable bonds is 5. The Morgan fingerprint density at radius 2 is 1.81 bits per heavy atom. The zero-order valence-electron chi connectivity index (χ0n) is 12.8. The largest absolute Gasteiger partial charge is 0.480 e. The summed E-state index contributed by atoms with van der Waals surface area (Å²) in [5.41, 5.74) is 0. The molecule has 1 heterocycles. The molecule has 0 bridgehead atoms.